The highest BCUT2D eigenvalue weighted by atomic mass is 16.7. The molecule has 3 aromatic rings. The molecule has 0 radical (unpaired) electrons. The third-order valence-corrected chi connectivity index (χ3v) is 4.93. The van der Waals surface area contributed by atoms with Crippen molar-refractivity contribution < 1.29 is 14.3 Å². The van der Waals surface area contributed by atoms with Crippen LogP contribution in [0, 0.1) is 0 Å². The van der Waals surface area contributed by atoms with E-state index < -0.39 is 0 Å². The van der Waals surface area contributed by atoms with Gasteiger partial charge in [0, 0.05) is 29.7 Å². The Labute approximate surface area is 161 Å². The van der Waals surface area contributed by atoms with E-state index in [1.54, 1.807) is 12.3 Å². The van der Waals surface area contributed by atoms with Crippen LogP contribution in [0.25, 0.3) is 0 Å². The van der Waals surface area contributed by atoms with Gasteiger partial charge in [-0.25, -0.2) is 9.97 Å². The lowest BCUT2D eigenvalue weighted by Crippen LogP contribution is -2.36. The maximum atomic E-state index is 13.1. The molecule has 0 spiro atoms. The van der Waals surface area contributed by atoms with Crippen LogP contribution >= 0.6 is 0 Å². The number of carbonyl (C=O) groups excluding carboxylic acids is 1. The number of carbonyl (C=O) groups is 1. The molecule has 0 bridgehead atoms. The fourth-order valence-corrected chi connectivity index (χ4v) is 3.64. The maximum Gasteiger partial charge on any atom is 0.277 e. The van der Waals surface area contributed by atoms with Gasteiger partial charge in [-0.15, -0.1) is 0 Å². The van der Waals surface area contributed by atoms with Crippen molar-refractivity contribution in [3.8, 4) is 11.5 Å². The van der Waals surface area contributed by atoms with Crippen molar-refractivity contribution in [2.24, 2.45) is 0 Å². The molecular formula is C21H18N4O3. The van der Waals surface area contributed by atoms with Crippen LogP contribution in [0.4, 0.5) is 17.3 Å². The summed E-state index contributed by atoms with van der Waals surface area (Å²) in [6, 6.07) is 15.2. The van der Waals surface area contributed by atoms with E-state index >= 15 is 0 Å². The first-order valence-electron chi connectivity index (χ1n) is 9.10. The molecule has 0 aliphatic carbocycles. The number of aromatic nitrogens is 2. The van der Waals surface area contributed by atoms with E-state index in [1.807, 2.05) is 48.2 Å². The van der Waals surface area contributed by atoms with Crippen LogP contribution in [0.15, 0.2) is 54.7 Å². The Morgan fingerprint density at radius 2 is 2.00 bits per heavy atom. The van der Waals surface area contributed by atoms with Gasteiger partial charge >= 0.3 is 0 Å². The van der Waals surface area contributed by atoms with Crippen molar-refractivity contribution in [2.45, 2.75) is 19.4 Å². The smallest absolute Gasteiger partial charge is 0.277 e. The number of nitrogens with one attached hydrogen (secondary N) is 1. The average molecular weight is 374 g/mol. The van der Waals surface area contributed by atoms with Gasteiger partial charge in [-0.3, -0.25) is 4.79 Å². The number of ether oxygens (including phenoxy) is 2. The summed E-state index contributed by atoms with van der Waals surface area (Å²) in [5, 5.41) is 3.12. The third-order valence-electron chi connectivity index (χ3n) is 4.93. The van der Waals surface area contributed by atoms with E-state index in [1.165, 1.54) is 5.56 Å². The number of anilines is 3. The second kappa shape index (κ2) is 6.53. The molecule has 1 N–H and O–H groups in total. The van der Waals surface area contributed by atoms with Gasteiger partial charge in [0.1, 0.15) is 5.69 Å². The highest BCUT2D eigenvalue weighted by molar-refractivity contribution is 6.06. The van der Waals surface area contributed by atoms with Crippen LogP contribution in [0.2, 0.25) is 0 Å². The zero-order valence-corrected chi connectivity index (χ0v) is 15.3. The molecule has 2 aliphatic heterocycles. The van der Waals surface area contributed by atoms with Crippen molar-refractivity contribution in [3.05, 3.63) is 66.0 Å². The summed E-state index contributed by atoms with van der Waals surface area (Å²) in [6.07, 6.45) is 2.43. The van der Waals surface area contributed by atoms with Gasteiger partial charge in [0.25, 0.3) is 5.91 Å². The average Bonchev–Trinajstić information content (AvgIpc) is 3.30. The largest absolute Gasteiger partial charge is 0.454 e. The molecule has 28 heavy (non-hydrogen) atoms. The Kier molecular flexibility index (Phi) is 3.86. The van der Waals surface area contributed by atoms with E-state index in [4.69, 9.17) is 9.47 Å². The number of rotatable bonds is 3. The van der Waals surface area contributed by atoms with E-state index in [9.17, 15) is 4.79 Å². The summed E-state index contributed by atoms with van der Waals surface area (Å²) in [5.41, 5.74) is 3.23. The fraction of sp³-hybridized carbons (Fsp3) is 0.190. The number of hydrogen-bond acceptors (Lipinski definition) is 6. The molecule has 1 amide bonds. The lowest BCUT2D eigenvalue weighted by Gasteiger charge is -2.22. The SMILES string of the molecule is CC1Cc2ccccc2N1C(=O)c1ccnc(Nc2ccc3c(c2)OCO3)n1. The van der Waals surface area contributed by atoms with Crippen molar-refractivity contribution in [2.75, 3.05) is 17.0 Å². The van der Waals surface area contributed by atoms with Gasteiger partial charge in [0.15, 0.2) is 11.5 Å². The zero-order valence-electron chi connectivity index (χ0n) is 15.3. The minimum atomic E-state index is -0.131. The van der Waals surface area contributed by atoms with E-state index in [0.29, 0.717) is 23.1 Å². The molecule has 5 rings (SSSR count). The topological polar surface area (TPSA) is 76.6 Å². The van der Waals surface area contributed by atoms with Gasteiger partial charge in [0.2, 0.25) is 12.7 Å². The predicted octanol–water partition coefficient (Wildman–Crippen LogP) is 3.54. The van der Waals surface area contributed by atoms with Gasteiger partial charge < -0.3 is 19.7 Å². The fourth-order valence-electron chi connectivity index (χ4n) is 3.64. The molecule has 0 fully saturated rings. The molecule has 1 aromatic heterocycles. The van der Waals surface area contributed by atoms with Crippen LogP contribution in [0.3, 0.4) is 0 Å². The highest BCUT2D eigenvalue weighted by Crippen LogP contribution is 2.35. The Hall–Kier alpha value is -3.61. The second-order valence-corrected chi connectivity index (χ2v) is 6.82. The number of benzene rings is 2. The van der Waals surface area contributed by atoms with Crippen LogP contribution < -0.4 is 19.7 Å². The quantitative estimate of drug-likeness (QED) is 0.756. The van der Waals surface area contributed by atoms with Crippen LogP contribution in [-0.2, 0) is 6.42 Å². The van der Waals surface area contributed by atoms with Gasteiger partial charge in [-0.05, 0) is 43.2 Å². The predicted molar refractivity (Wildman–Crippen MR) is 104 cm³/mol. The number of amides is 1. The van der Waals surface area contributed by atoms with Gasteiger partial charge in [-0.1, -0.05) is 18.2 Å². The van der Waals surface area contributed by atoms with E-state index in [0.717, 1.165) is 17.8 Å². The molecule has 7 heteroatoms. The monoisotopic (exact) mass is 374 g/mol. The zero-order chi connectivity index (χ0) is 19.1. The van der Waals surface area contributed by atoms with Crippen LogP contribution in [0.5, 0.6) is 11.5 Å². The first-order valence-corrected chi connectivity index (χ1v) is 9.10. The number of hydrogen-bond donors (Lipinski definition) is 1. The molecule has 7 nitrogen and oxygen atoms in total. The number of fused-ring (bicyclic) bond motifs is 2. The van der Waals surface area contributed by atoms with Crippen molar-refractivity contribution in [1.29, 1.82) is 0 Å². The molecule has 0 saturated carbocycles. The first-order chi connectivity index (χ1) is 13.7. The lowest BCUT2D eigenvalue weighted by atomic mass is 10.1. The first kappa shape index (κ1) is 16.6. The number of para-hydroxylation sites is 1. The standard InChI is InChI=1S/C21H18N4O3/c1-13-10-14-4-2-3-5-17(14)25(13)20(26)16-8-9-22-21(24-16)23-15-6-7-18-19(11-15)28-12-27-18/h2-9,11,13H,10,12H2,1H3,(H,22,23,24). The van der Waals surface area contributed by atoms with Gasteiger partial charge in [0.05, 0.1) is 0 Å². The van der Waals surface area contributed by atoms with E-state index in [2.05, 4.69) is 21.4 Å². The Morgan fingerprint density at radius 1 is 1.14 bits per heavy atom. The summed E-state index contributed by atoms with van der Waals surface area (Å²) in [6.45, 7) is 2.26. The molecule has 2 aromatic carbocycles. The Morgan fingerprint density at radius 3 is 2.93 bits per heavy atom. The molecule has 0 saturated heterocycles. The third kappa shape index (κ3) is 2.81. The molecule has 1 unspecified atom stereocenters. The minimum Gasteiger partial charge on any atom is -0.454 e. The molecule has 2 aliphatic rings. The van der Waals surface area contributed by atoms with E-state index in [-0.39, 0.29) is 18.7 Å². The molecular weight excluding hydrogens is 356 g/mol. The summed E-state index contributed by atoms with van der Waals surface area (Å²) in [5.74, 6) is 1.59. The Balaban J connectivity index is 1.41. The normalized spacial score (nSPS) is 16.8. The minimum absolute atomic E-state index is 0.0881. The summed E-state index contributed by atoms with van der Waals surface area (Å²) in [7, 11) is 0. The summed E-state index contributed by atoms with van der Waals surface area (Å²) >= 11 is 0. The Bertz CT molecular complexity index is 1070. The number of nitrogens with zero attached hydrogens (tertiary/aromatic N) is 3. The molecule has 1 atom stereocenters. The lowest BCUT2D eigenvalue weighted by molar-refractivity contribution is 0.0976. The molecule has 3 heterocycles. The van der Waals surface area contributed by atoms with Crippen LogP contribution in [0.1, 0.15) is 23.0 Å². The maximum absolute atomic E-state index is 13.1. The van der Waals surface area contributed by atoms with Crippen molar-refractivity contribution in [1.82, 2.24) is 9.97 Å². The van der Waals surface area contributed by atoms with Crippen molar-refractivity contribution >= 4 is 23.2 Å². The summed E-state index contributed by atoms with van der Waals surface area (Å²) < 4.78 is 10.7. The summed E-state index contributed by atoms with van der Waals surface area (Å²) in [4.78, 5) is 23.6. The molecule has 140 valence electrons. The second-order valence-electron chi connectivity index (χ2n) is 6.82. The van der Waals surface area contributed by atoms with Gasteiger partial charge in [-0.2, -0.15) is 0 Å². The highest BCUT2D eigenvalue weighted by Gasteiger charge is 2.32. The van der Waals surface area contributed by atoms with Crippen molar-refractivity contribution in [3.63, 3.8) is 0 Å². The van der Waals surface area contributed by atoms with Crippen LogP contribution in [-0.4, -0.2) is 28.7 Å².